The lowest BCUT2D eigenvalue weighted by molar-refractivity contribution is -0.137. The summed E-state index contributed by atoms with van der Waals surface area (Å²) in [5.41, 5.74) is 5.79. The summed E-state index contributed by atoms with van der Waals surface area (Å²) in [6.45, 7) is 2.04. The Balaban J connectivity index is 1.81. The van der Waals surface area contributed by atoms with Gasteiger partial charge in [0, 0.05) is 30.2 Å². The van der Waals surface area contributed by atoms with E-state index >= 15 is 0 Å². The van der Waals surface area contributed by atoms with Crippen LogP contribution >= 0.6 is 0 Å². The van der Waals surface area contributed by atoms with Crippen molar-refractivity contribution >= 4 is 33.7 Å². The number of para-hydroxylation sites is 1. The minimum absolute atomic E-state index is 0.0876. The van der Waals surface area contributed by atoms with Gasteiger partial charge < -0.3 is 19.8 Å². The van der Waals surface area contributed by atoms with E-state index in [2.05, 4.69) is 15.0 Å². The quantitative estimate of drug-likeness (QED) is 0.531. The normalized spacial score (nSPS) is 15.2. The van der Waals surface area contributed by atoms with Crippen molar-refractivity contribution in [2.45, 2.75) is 6.18 Å². The molecule has 1 aliphatic rings. The Labute approximate surface area is 168 Å². The Hall–Kier alpha value is -3.40. The van der Waals surface area contributed by atoms with Crippen LogP contribution < -0.4 is 10.6 Å². The van der Waals surface area contributed by atoms with Gasteiger partial charge in [-0.15, -0.1) is 0 Å². The SMILES string of the molecule is Nc1cc(C(F)(F)F)c(-c2nc(N3CCOCC3)c3oc4ccccc4c3n2)cn1. The van der Waals surface area contributed by atoms with Crippen molar-refractivity contribution in [3.63, 3.8) is 0 Å². The van der Waals surface area contributed by atoms with Crippen molar-refractivity contribution in [3.05, 3.63) is 42.1 Å². The second kappa shape index (κ2) is 6.84. The maximum absolute atomic E-state index is 13.7. The molecule has 0 bridgehead atoms. The molecule has 3 aromatic heterocycles. The number of anilines is 2. The van der Waals surface area contributed by atoms with Crippen LogP contribution in [0.15, 0.2) is 40.9 Å². The highest BCUT2D eigenvalue weighted by molar-refractivity contribution is 6.06. The largest absolute Gasteiger partial charge is 0.450 e. The smallest absolute Gasteiger partial charge is 0.417 e. The van der Waals surface area contributed by atoms with Gasteiger partial charge in [0.25, 0.3) is 0 Å². The van der Waals surface area contributed by atoms with Gasteiger partial charge in [-0.25, -0.2) is 15.0 Å². The van der Waals surface area contributed by atoms with Gasteiger partial charge in [0.15, 0.2) is 17.2 Å². The van der Waals surface area contributed by atoms with Crippen molar-refractivity contribution in [3.8, 4) is 11.4 Å². The Bertz CT molecular complexity index is 1250. The van der Waals surface area contributed by atoms with Crippen LogP contribution in [0.5, 0.6) is 0 Å². The summed E-state index contributed by atoms with van der Waals surface area (Å²) < 4.78 is 52.4. The zero-order valence-corrected chi connectivity index (χ0v) is 15.6. The lowest BCUT2D eigenvalue weighted by atomic mass is 10.1. The first-order valence-corrected chi connectivity index (χ1v) is 9.27. The summed E-state index contributed by atoms with van der Waals surface area (Å²) in [5.74, 6) is 0.115. The summed E-state index contributed by atoms with van der Waals surface area (Å²) in [4.78, 5) is 14.7. The van der Waals surface area contributed by atoms with Crippen molar-refractivity contribution < 1.29 is 22.3 Å². The zero-order chi connectivity index (χ0) is 20.9. The Morgan fingerprint density at radius 3 is 2.60 bits per heavy atom. The fourth-order valence-electron chi connectivity index (χ4n) is 3.57. The average molecular weight is 415 g/mol. The van der Waals surface area contributed by atoms with Crippen molar-refractivity contribution in [1.29, 1.82) is 0 Å². The molecule has 0 amide bonds. The molecule has 4 aromatic rings. The standard InChI is InChI=1S/C20H16F3N5O2/c21-20(22,23)13-9-15(24)25-10-12(13)18-26-16-11-3-1-2-4-14(11)30-17(16)19(27-18)28-5-7-29-8-6-28/h1-4,9-10H,5-8H2,(H2,24,25). The molecule has 0 spiro atoms. The molecule has 30 heavy (non-hydrogen) atoms. The predicted molar refractivity (Wildman–Crippen MR) is 105 cm³/mol. The van der Waals surface area contributed by atoms with Crippen LogP contribution in [0.1, 0.15) is 5.56 Å². The van der Waals surface area contributed by atoms with Crippen LogP contribution in [-0.4, -0.2) is 41.3 Å². The number of furan rings is 1. The van der Waals surface area contributed by atoms with Crippen LogP contribution in [-0.2, 0) is 10.9 Å². The van der Waals surface area contributed by atoms with Crippen LogP contribution in [0.2, 0.25) is 0 Å². The number of nitrogen functional groups attached to an aromatic ring is 1. The third-order valence-electron chi connectivity index (χ3n) is 4.98. The van der Waals surface area contributed by atoms with Crippen LogP contribution in [0.3, 0.4) is 0 Å². The van der Waals surface area contributed by atoms with Crippen LogP contribution in [0.4, 0.5) is 24.8 Å². The molecule has 0 aliphatic carbocycles. The maximum Gasteiger partial charge on any atom is 0.417 e. The van der Waals surface area contributed by atoms with Crippen molar-refractivity contribution in [2.24, 2.45) is 0 Å². The second-order valence-corrected chi connectivity index (χ2v) is 6.90. The van der Waals surface area contributed by atoms with E-state index in [4.69, 9.17) is 14.9 Å². The van der Waals surface area contributed by atoms with Gasteiger partial charge in [-0.1, -0.05) is 12.1 Å². The monoisotopic (exact) mass is 415 g/mol. The zero-order valence-electron chi connectivity index (χ0n) is 15.6. The number of benzene rings is 1. The first-order valence-electron chi connectivity index (χ1n) is 9.27. The molecule has 4 heterocycles. The summed E-state index contributed by atoms with van der Waals surface area (Å²) >= 11 is 0. The molecule has 1 aliphatic heterocycles. The number of halogens is 3. The number of hydrogen-bond donors (Lipinski definition) is 1. The first-order chi connectivity index (χ1) is 14.4. The predicted octanol–water partition coefficient (Wildman–Crippen LogP) is 3.88. The van der Waals surface area contributed by atoms with Gasteiger partial charge in [0.2, 0.25) is 0 Å². The van der Waals surface area contributed by atoms with E-state index in [9.17, 15) is 13.2 Å². The summed E-state index contributed by atoms with van der Waals surface area (Å²) in [6, 6.07) is 8.03. The van der Waals surface area contributed by atoms with Gasteiger partial charge in [0.1, 0.15) is 16.9 Å². The number of morpholine rings is 1. The summed E-state index contributed by atoms with van der Waals surface area (Å²) in [6.07, 6.45) is -3.58. The molecule has 0 saturated carbocycles. The minimum Gasteiger partial charge on any atom is -0.450 e. The van der Waals surface area contributed by atoms with Crippen LogP contribution in [0, 0.1) is 0 Å². The van der Waals surface area contributed by atoms with Crippen molar-refractivity contribution in [1.82, 2.24) is 15.0 Å². The highest BCUT2D eigenvalue weighted by Gasteiger charge is 2.35. The molecule has 0 unspecified atom stereocenters. The molecule has 10 heteroatoms. The number of rotatable bonds is 2. The van der Waals surface area contributed by atoms with E-state index in [0.29, 0.717) is 54.2 Å². The average Bonchev–Trinajstić information content (AvgIpc) is 3.12. The number of nitrogens with two attached hydrogens (primary N) is 1. The van der Waals surface area contributed by atoms with E-state index in [0.717, 1.165) is 12.3 Å². The number of hydrogen-bond acceptors (Lipinski definition) is 7. The van der Waals surface area contributed by atoms with E-state index in [-0.39, 0.29) is 17.2 Å². The lowest BCUT2D eigenvalue weighted by Gasteiger charge is -2.28. The molecule has 1 saturated heterocycles. The van der Waals surface area contributed by atoms with Gasteiger partial charge in [-0.3, -0.25) is 0 Å². The van der Waals surface area contributed by atoms with Gasteiger partial charge >= 0.3 is 6.18 Å². The highest BCUT2D eigenvalue weighted by atomic mass is 19.4. The van der Waals surface area contributed by atoms with Gasteiger partial charge in [0.05, 0.1) is 18.8 Å². The molecule has 0 radical (unpaired) electrons. The molecule has 5 rings (SSSR count). The lowest BCUT2D eigenvalue weighted by Crippen LogP contribution is -2.37. The molecule has 1 fully saturated rings. The van der Waals surface area contributed by atoms with E-state index in [1.165, 1.54) is 0 Å². The van der Waals surface area contributed by atoms with Gasteiger partial charge in [-0.2, -0.15) is 13.2 Å². The van der Waals surface area contributed by atoms with E-state index < -0.39 is 11.7 Å². The number of nitrogens with zero attached hydrogens (tertiary/aromatic N) is 4. The number of ether oxygens (including phenoxy) is 1. The second-order valence-electron chi connectivity index (χ2n) is 6.90. The number of pyridine rings is 1. The molecule has 154 valence electrons. The number of aromatic nitrogens is 3. The Morgan fingerprint density at radius 2 is 1.83 bits per heavy atom. The molecular weight excluding hydrogens is 399 g/mol. The summed E-state index contributed by atoms with van der Waals surface area (Å²) in [5, 5.41) is 0.697. The topological polar surface area (TPSA) is 90.3 Å². The Kier molecular flexibility index (Phi) is 4.24. The highest BCUT2D eigenvalue weighted by Crippen LogP contribution is 2.39. The summed E-state index contributed by atoms with van der Waals surface area (Å²) in [7, 11) is 0. The van der Waals surface area contributed by atoms with Gasteiger partial charge in [-0.05, 0) is 18.2 Å². The third kappa shape index (κ3) is 3.09. The van der Waals surface area contributed by atoms with E-state index in [1.807, 2.05) is 23.1 Å². The third-order valence-corrected chi connectivity index (χ3v) is 4.98. The number of alkyl halides is 3. The fraction of sp³-hybridized carbons (Fsp3) is 0.250. The molecular formula is C20H16F3N5O2. The Morgan fingerprint density at radius 1 is 1.07 bits per heavy atom. The van der Waals surface area contributed by atoms with Crippen LogP contribution in [0.25, 0.3) is 33.5 Å². The molecule has 0 atom stereocenters. The minimum atomic E-state index is -4.64. The molecule has 2 N–H and O–H groups in total. The molecule has 1 aromatic carbocycles. The molecule has 7 nitrogen and oxygen atoms in total. The number of fused-ring (bicyclic) bond motifs is 3. The fourth-order valence-corrected chi connectivity index (χ4v) is 3.57. The first kappa shape index (κ1) is 18.6. The maximum atomic E-state index is 13.7. The van der Waals surface area contributed by atoms with Crippen molar-refractivity contribution in [2.75, 3.05) is 36.9 Å². The van der Waals surface area contributed by atoms with E-state index in [1.54, 1.807) is 6.07 Å².